The lowest BCUT2D eigenvalue weighted by atomic mass is 9.95. The number of carbonyl (C=O) groups excluding carboxylic acids is 2. The quantitative estimate of drug-likeness (QED) is 0.159. The third kappa shape index (κ3) is 4.72. The Morgan fingerprint density at radius 1 is 1.08 bits per heavy atom. The summed E-state index contributed by atoms with van der Waals surface area (Å²) in [7, 11) is 0. The topological polar surface area (TPSA) is 79.7 Å². The highest BCUT2D eigenvalue weighted by atomic mass is 35.5. The highest BCUT2D eigenvalue weighted by Gasteiger charge is 2.48. The Balaban J connectivity index is 1.69. The Morgan fingerprint density at radius 3 is 2.59 bits per heavy atom. The number of Topliss-reactive ketones (excluding diaryl/α,β-unsaturated/α-hetero) is 1. The van der Waals surface area contributed by atoms with E-state index in [-0.39, 0.29) is 11.3 Å². The Hall–Kier alpha value is -3.68. The molecule has 0 aliphatic carbocycles. The van der Waals surface area contributed by atoms with Crippen molar-refractivity contribution in [1.29, 1.82) is 0 Å². The Bertz CT molecular complexity index is 1530. The third-order valence-electron chi connectivity index (χ3n) is 6.26. The summed E-state index contributed by atoms with van der Waals surface area (Å²) < 4.78 is 6.75. The molecule has 1 aliphatic heterocycles. The predicted octanol–water partition coefficient (Wildman–Crippen LogP) is 6.93. The van der Waals surface area contributed by atoms with E-state index >= 15 is 0 Å². The van der Waals surface area contributed by atoms with Gasteiger partial charge < -0.3 is 9.84 Å². The van der Waals surface area contributed by atoms with Crippen LogP contribution in [0.4, 0.5) is 5.13 Å². The Labute approximate surface area is 223 Å². The van der Waals surface area contributed by atoms with E-state index in [0.717, 1.165) is 28.6 Å². The van der Waals surface area contributed by atoms with Crippen molar-refractivity contribution in [2.24, 2.45) is 0 Å². The van der Waals surface area contributed by atoms with Gasteiger partial charge in [0.05, 0.1) is 28.4 Å². The van der Waals surface area contributed by atoms with E-state index in [9.17, 15) is 14.7 Å². The predicted molar refractivity (Wildman–Crippen MR) is 147 cm³/mol. The van der Waals surface area contributed by atoms with Gasteiger partial charge in [-0.3, -0.25) is 14.5 Å². The highest BCUT2D eigenvalue weighted by Crippen LogP contribution is 2.45. The van der Waals surface area contributed by atoms with Crippen LogP contribution in [-0.4, -0.2) is 28.4 Å². The second-order valence-electron chi connectivity index (χ2n) is 8.75. The molecule has 1 aliphatic rings. The molecule has 1 aromatic heterocycles. The first kappa shape index (κ1) is 25.0. The number of fused-ring (bicyclic) bond motifs is 1. The number of anilines is 1. The number of benzene rings is 3. The Kier molecular flexibility index (Phi) is 7.00. The summed E-state index contributed by atoms with van der Waals surface area (Å²) in [6, 6.07) is 18.8. The zero-order valence-corrected chi connectivity index (χ0v) is 22.0. The van der Waals surface area contributed by atoms with Crippen LogP contribution in [0.2, 0.25) is 5.02 Å². The number of hydrogen-bond donors (Lipinski definition) is 1. The molecule has 0 radical (unpaired) electrons. The summed E-state index contributed by atoms with van der Waals surface area (Å²) in [5.74, 6) is -1.16. The van der Waals surface area contributed by atoms with Crippen LogP contribution in [-0.2, 0) is 16.0 Å². The Morgan fingerprint density at radius 2 is 1.86 bits per heavy atom. The molecule has 0 saturated carbocycles. The van der Waals surface area contributed by atoms with Gasteiger partial charge in [-0.15, -0.1) is 0 Å². The maximum atomic E-state index is 13.5. The van der Waals surface area contributed by atoms with Crippen molar-refractivity contribution in [2.75, 3.05) is 11.5 Å². The monoisotopic (exact) mass is 532 g/mol. The van der Waals surface area contributed by atoms with E-state index < -0.39 is 17.7 Å². The smallest absolute Gasteiger partial charge is 0.301 e. The maximum Gasteiger partial charge on any atom is 0.301 e. The number of thiazole rings is 1. The van der Waals surface area contributed by atoms with Crippen molar-refractivity contribution in [3.63, 3.8) is 0 Å². The number of aliphatic hydroxyl groups is 1. The fourth-order valence-corrected chi connectivity index (χ4v) is 5.56. The first-order chi connectivity index (χ1) is 17.9. The van der Waals surface area contributed by atoms with Gasteiger partial charge in [-0.25, -0.2) is 4.98 Å². The molecule has 37 heavy (non-hydrogen) atoms. The molecule has 1 amide bonds. The van der Waals surface area contributed by atoms with Crippen LogP contribution in [0.3, 0.4) is 0 Å². The fourth-order valence-electron chi connectivity index (χ4n) is 4.38. The zero-order valence-electron chi connectivity index (χ0n) is 20.4. The number of aliphatic hydroxyl groups excluding tert-OH is 1. The fraction of sp³-hybridized carbons (Fsp3) is 0.207. The number of carbonyl (C=O) groups is 2. The molecule has 6 nitrogen and oxygen atoms in total. The highest BCUT2D eigenvalue weighted by molar-refractivity contribution is 7.22. The molecule has 5 rings (SSSR count). The summed E-state index contributed by atoms with van der Waals surface area (Å²) in [5.41, 5.74) is 2.92. The lowest BCUT2D eigenvalue weighted by Gasteiger charge is -2.23. The number of rotatable bonds is 7. The molecule has 1 fully saturated rings. The standard InChI is InChI=1S/C29H25ClN2O4S/c1-3-14-36-21-7-5-6-19(16-21)25-24(26(33)18-9-11-20(30)12-10-18)27(34)28(35)32(25)29-31-22-13-8-17(4-2)15-23(22)37-29/h5-13,15-16,25,33H,3-4,14H2,1-2H3/b26-24+. The molecule has 0 bridgehead atoms. The number of nitrogens with zero attached hydrogens (tertiary/aromatic N) is 2. The molecule has 1 atom stereocenters. The van der Waals surface area contributed by atoms with E-state index in [0.29, 0.717) is 33.6 Å². The summed E-state index contributed by atoms with van der Waals surface area (Å²) in [6.07, 6.45) is 1.71. The van der Waals surface area contributed by atoms with E-state index in [4.69, 9.17) is 21.3 Å². The molecule has 1 unspecified atom stereocenters. The number of hydrogen-bond acceptors (Lipinski definition) is 6. The van der Waals surface area contributed by atoms with Gasteiger partial charge in [-0.2, -0.15) is 0 Å². The van der Waals surface area contributed by atoms with Crippen molar-refractivity contribution < 1.29 is 19.4 Å². The molecule has 1 saturated heterocycles. The number of ether oxygens (including phenoxy) is 1. The minimum absolute atomic E-state index is 0.00605. The average molecular weight is 533 g/mol. The molecule has 4 aromatic rings. The molecule has 188 valence electrons. The first-order valence-corrected chi connectivity index (χ1v) is 13.3. The zero-order chi connectivity index (χ0) is 26.1. The minimum Gasteiger partial charge on any atom is -0.507 e. The summed E-state index contributed by atoms with van der Waals surface area (Å²) >= 11 is 7.37. The molecule has 1 N–H and O–H groups in total. The van der Waals surface area contributed by atoms with Gasteiger partial charge in [0.2, 0.25) is 0 Å². The van der Waals surface area contributed by atoms with Gasteiger partial charge >= 0.3 is 5.91 Å². The number of aryl methyl sites for hydroxylation is 1. The van der Waals surface area contributed by atoms with Crippen molar-refractivity contribution >= 4 is 55.7 Å². The van der Waals surface area contributed by atoms with Gasteiger partial charge in [0.1, 0.15) is 11.5 Å². The lowest BCUT2D eigenvalue weighted by molar-refractivity contribution is -0.132. The number of ketones is 1. The average Bonchev–Trinajstić information content (AvgIpc) is 3.45. The van der Waals surface area contributed by atoms with Crippen LogP contribution in [0.1, 0.15) is 43.0 Å². The van der Waals surface area contributed by atoms with Crippen molar-refractivity contribution in [3.05, 3.63) is 94.0 Å². The third-order valence-corrected chi connectivity index (χ3v) is 7.53. The van der Waals surface area contributed by atoms with Gasteiger partial charge in [0.25, 0.3) is 5.78 Å². The van der Waals surface area contributed by atoms with Gasteiger partial charge in [-0.05, 0) is 72.5 Å². The van der Waals surface area contributed by atoms with Gasteiger partial charge in [-0.1, -0.05) is 55.0 Å². The molecule has 3 aromatic carbocycles. The van der Waals surface area contributed by atoms with Crippen molar-refractivity contribution in [1.82, 2.24) is 4.98 Å². The molecular formula is C29H25ClN2O4S. The molecule has 2 heterocycles. The van der Waals surface area contributed by atoms with Crippen LogP contribution in [0.5, 0.6) is 5.75 Å². The lowest BCUT2D eigenvalue weighted by Crippen LogP contribution is -2.29. The molecule has 0 spiro atoms. The first-order valence-electron chi connectivity index (χ1n) is 12.1. The largest absolute Gasteiger partial charge is 0.507 e. The second-order valence-corrected chi connectivity index (χ2v) is 10.2. The van der Waals surface area contributed by atoms with Crippen LogP contribution in [0.15, 0.2) is 72.3 Å². The van der Waals surface area contributed by atoms with E-state index in [1.165, 1.54) is 16.2 Å². The minimum atomic E-state index is -0.882. The summed E-state index contributed by atoms with van der Waals surface area (Å²) in [6.45, 7) is 4.63. The maximum absolute atomic E-state index is 13.5. The number of amides is 1. The van der Waals surface area contributed by atoms with Crippen LogP contribution < -0.4 is 9.64 Å². The van der Waals surface area contributed by atoms with E-state index in [1.54, 1.807) is 30.3 Å². The van der Waals surface area contributed by atoms with Crippen LogP contribution in [0.25, 0.3) is 16.0 Å². The summed E-state index contributed by atoms with van der Waals surface area (Å²) in [4.78, 5) is 33.0. The van der Waals surface area contributed by atoms with E-state index in [2.05, 4.69) is 13.0 Å². The number of aromatic nitrogens is 1. The van der Waals surface area contributed by atoms with Crippen molar-refractivity contribution in [3.8, 4) is 5.75 Å². The molecular weight excluding hydrogens is 508 g/mol. The van der Waals surface area contributed by atoms with E-state index in [1.807, 2.05) is 37.3 Å². The van der Waals surface area contributed by atoms with Crippen LogP contribution in [0, 0.1) is 0 Å². The SMILES string of the molecule is CCCOc1cccc(C2/C(=C(\O)c3ccc(Cl)cc3)C(=O)C(=O)N2c2nc3ccc(CC)cc3s2)c1. The summed E-state index contributed by atoms with van der Waals surface area (Å²) in [5, 5.41) is 12.2. The van der Waals surface area contributed by atoms with Gasteiger partial charge in [0, 0.05) is 10.6 Å². The molecule has 8 heteroatoms. The number of halogens is 1. The van der Waals surface area contributed by atoms with Crippen LogP contribution >= 0.6 is 22.9 Å². The van der Waals surface area contributed by atoms with Gasteiger partial charge in [0.15, 0.2) is 5.13 Å². The van der Waals surface area contributed by atoms with Crippen molar-refractivity contribution in [2.45, 2.75) is 32.7 Å². The second kappa shape index (κ2) is 10.4. The normalized spacial score (nSPS) is 17.1.